The number of benzene rings is 2. The van der Waals surface area contributed by atoms with Crippen molar-refractivity contribution in [3.05, 3.63) is 67.7 Å². The number of nitro groups is 2. The lowest BCUT2D eigenvalue weighted by Crippen LogP contribution is -1.96. The number of hydrogen-bond donors (Lipinski definition) is 1. The Bertz CT molecular complexity index is 693. The van der Waals surface area contributed by atoms with Gasteiger partial charge in [-0.05, 0) is 42.3 Å². The van der Waals surface area contributed by atoms with Crippen LogP contribution in [-0.4, -0.2) is 9.85 Å². The highest BCUT2D eigenvalue weighted by Crippen LogP contribution is 2.33. The van der Waals surface area contributed by atoms with Gasteiger partial charge in [0.15, 0.2) is 0 Å². The van der Waals surface area contributed by atoms with Crippen LogP contribution in [0.25, 0.3) is 0 Å². The molecule has 9 heteroatoms. The predicted octanol–water partition coefficient (Wildman–Crippen LogP) is 4.28. The first-order chi connectivity index (χ1) is 9.97. The predicted molar refractivity (Wildman–Crippen MR) is 80.7 cm³/mol. The Morgan fingerprint density at radius 2 is 1.67 bits per heavy atom. The maximum atomic E-state index is 11.0. The van der Waals surface area contributed by atoms with E-state index in [1.165, 1.54) is 12.1 Å². The molecule has 2 rings (SSSR count). The van der Waals surface area contributed by atoms with Crippen molar-refractivity contribution in [3.8, 4) is 0 Å². The molecule has 1 N–H and O–H groups in total. The molecule has 108 valence electrons. The van der Waals surface area contributed by atoms with Crippen LogP contribution in [0.1, 0.15) is 0 Å². The smallest absolute Gasteiger partial charge is 0.291 e. The highest BCUT2D eigenvalue weighted by molar-refractivity contribution is 8.00. The Hall–Kier alpha value is -2.32. The molecule has 21 heavy (non-hydrogen) atoms. The van der Waals surface area contributed by atoms with Crippen molar-refractivity contribution in [2.75, 3.05) is 4.72 Å². The molecule has 0 aliphatic rings. The van der Waals surface area contributed by atoms with Gasteiger partial charge in [-0.1, -0.05) is 11.6 Å². The van der Waals surface area contributed by atoms with E-state index in [1.54, 1.807) is 24.3 Å². The van der Waals surface area contributed by atoms with E-state index in [2.05, 4.69) is 4.72 Å². The molecule has 0 bridgehead atoms. The van der Waals surface area contributed by atoms with Crippen molar-refractivity contribution in [1.82, 2.24) is 0 Å². The summed E-state index contributed by atoms with van der Waals surface area (Å²) in [6.07, 6.45) is 0. The molecular weight excluding hydrogens is 318 g/mol. The summed E-state index contributed by atoms with van der Waals surface area (Å²) in [6.45, 7) is 0. The van der Waals surface area contributed by atoms with Gasteiger partial charge in [-0.3, -0.25) is 20.2 Å². The summed E-state index contributed by atoms with van der Waals surface area (Å²) in [5, 5.41) is 22.2. The van der Waals surface area contributed by atoms with E-state index in [0.29, 0.717) is 10.7 Å². The van der Waals surface area contributed by atoms with Crippen LogP contribution in [0.2, 0.25) is 5.02 Å². The lowest BCUT2D eigenvalue weighted by atomic mass is 10.3. The molecule has 7 nitrogen and oxygen atoms in total. The first-order valence-corrected chi connectivity index (χ1v) is 6.78. The lowest BCUT2D eigenvalue weighted by molar-refractivity contribution is -0.396. The molecule has 0 amide bonds. The molecule has 0 heterocycles. The summed E-state index contributed by atoms with van der Waals surface area (Å²) < 4.78 is 2.92. The molecular formula is C12H8ClN3O4S. The first kappa shape index (κ1) is 15.1. The lowest BCUT2D eigenvalue weighted by Gasteiger charge is -2.06. The average molecular weight is 326 g/mol. The van der Waals surface area contributed by atoms with Crippen LogP contribution in [-0.2, 0) is 0 Å². The second kappa shape index (κ2) is 6.42. The maximum Gasteiger partial charge on any atom is 0.291 e. The fourth-order valence-electron chi connectivity index (χ4n) is 1.48. The Kier molecular flexibility index (Phi) is 4.61. The third-order valence-electron chi connectivity index (χ3n) is 2.47. The average Bonchev–Trinajstić information content (AvgIpc) is 2.46. The maximum absolute atomic E-state index is 11.0. The molecule has 0 unspecified atom stereocenters. The van der Waals surface area contributed by atoms with Gasteiger partial charge in [0, 0.05) is 16.8 Å². The molecule has 0 atom stereocenters. The number of nitro benzene ring substituents is 2. The van der Waals surface area contributed by atoms with Gasteiger partial charge in [0.1, 0.15) is 4.90 Å². The SMILES string of the molecule is O=[N+]([O-])c1ccc(SNc2ccc(Cl)cc2)c([N+](=O)[O-])c1. The zero-order chi connectivity index (χ0) is 15.4. The van der Waals surface area contributed by atoms with Crippen LogP contribution in [0.5, 0.6) is 0 Å². The van der Waals surface area contributed by atoms with E-state index >= 15 is 0 Å². The minimum absolute atomic E-state index is 0.278. The summed E-state index contributed by atoms with van der Waals surface area (Å²) in [6, 6.07) is 10.3. The number of hydrogen-bond acceptors (Lipinski definition) is 6. The number of anilines is 1. The van der Waals surface area contributed by atoms with E-state index in [0.717, 1.165) is 18.0 Å². The van der Waals surface area contributed by atoms with Crippen LogP contribution < -0.4 is 4.72 Å². The van der Waals surface area contributed by atoms with Gasteiger partial charge in [0.2, 0.25) is 0 Å². The molecule has 0 fully saturated rings. The van der Waals surface area contributed by atoms with Crippen LogP contribution in [0, 0.1) is 20.2 Å². The molecule has 0 aliphatic carbocycles. The van der Waals surface area contributed by atoms with Crippen molar-refractivity contribution in [2.45, 2.75) is 4.90 Å². The van der Waals surface area contributed by atoms with Crippen molar-refractivity contribution in [2.24, 2.45) is 0 Å². The standard InChI is InChI=1S/C12H8ClN3O4S/c13-8-1-3-9(4-2-8)14-21-12-6-5-10(15(17)18)7-11(12)16(19)20/h1-7,14H. The molecule has 0 saturated heterocycles. The highest BCUT2D eigenvalue weighted by Gasteiger charge is 2.19. The van der Waals surface area contributed by atoms with Gasteiger partial charge in [0.05, 0.1) is 15.9 Å². The summed E-state index contributed by atoms with van der Waals surface area (Å²) in [4.78, 5) is 20.6. The normalized spacial score (nSPS) is 10.1. The van der Waals surface area contributed by atoms with Gasteiger partial charge in [-0.25, -0.2) is 0 Å². The quantitative estimate of drug-likeness (QED) is 0.500. The largest absolute Gasteiger partial charge is 0.325 e. The summed E-state index contributed by atoms with van der Waals surface area (Å²) >= 11 is 6.75. The number of non-ortho nitro benzene ring substituents is 1. The number of nitrogens with zero attached hydrogens (tertiary/aromatic N) is 2. The monoisotopic (exact) mass is 325 g/mol. The third-order valence-corrected chi connectivity index (χ3v) is 3.63. The topological polar surface area (TPSA) is 98.3 Å². The van der Waals surface area contributed by atoms with Gasteiger partial charge < -0.3 is 4.72 Å². The van der Waals surface area contributed by atoms with E-state index in [9.17, 15) is 20.2 Å². The number of rotatable bonds is 5. The van der Waals surface area contributed by atoms with Crippen molar-refractivity contribution < 1.29 is 9.85 Å². The molecule has 0 spiro atoms. The Labute approximate surface area is 128 Å². The zero-order valence-corrected chi connectivity index (χ0v) is 11.9. The Morgan fingerprint density at radius 1 is 1.00 bits per heavy atom. The van der Waals surface area contributed by atoms with Gasteiger partial charge in [-0.15, -0.1) is 0 Å². The molecule has 0 radical (unpaired) electrons. The van der Waals surface area contributed by atoms with Gasteiger partial charge >= 0.3 is 0 Å². The Balaban J connectivity index is 2.21. The second-order valence-electron chi connectivity index (χ2n) is 3.88. The minimum atomic E-state index is -0.673. The fraction of sp³-hybridized carbons (Fsp3) is 0. The summed E-state index contributed by atoms with van der Waals surface area (Å²) in [7, 11) is 0. The van der Waals surface area contributed by atoms with Crippen molar-refractivity contribution in [1.29, 1.82) is 0 Å². The van der Waals surface area contributed by atoms with Crippen LogP contribution in [0.15, 0.2) is 47.4 Å². The third kappa shape index (κ3) is 3.83. The van der Waals surface area contributed by atoms with E-state index < -0.39 is 9.85 Å². The molecule has 0 saturated carbocycles. The molecule has 2 aromatic rings. The van der Waals surface area contributed by atoms with E-state index in [-0.39, 0.29) is 16.3 Å². The molecule has 0 aromatic heterocycles. The van der Waals surface area contributed by atoms with Crippen LogP contribution >= 0.6 is 23.5 Å². The summed E-state index contributed by atoms with van der Waals surface area (Å²) in [5.41, 5.74) is 0.0604. The minimum Gasteiger partial charge on any atom is -0.325 e. The molecule has 2 aromatic carbocycles. The fourth-order valence-corrected chi connectivity index (χ4v) is 2.34. The first-order valence-electron chi connectivity index (χ1n) is 5.58. The van der Waals surface area contributed by atoms with E-state index in [4.69, 9.17) is 11.6 Å². The highest BCUT2D eigenvalue weighted by atomic mass is 35.5. The van der Waals surface area contributed by atoms with Gasteiger partial charge in [0.25, 0.3) is 11.4 Å². The van der Waals surface area contributed by atoms with Crippen LogP contribution in [0.4, 0.5) is 17.1 Å². The van der Waals surface area contributed by atoms with Crippen LogP contribution in [0.3, 0.4) is 0 Å². The van der Waals surface area contributed by atoms with E-state index in [1.807, 2.05) is 0 Å². The van der Waals surface area contributed by atoms with Gasteiger partial charge in [-0.2, -0.15) is 0 Å². The summed E-state index contributed by atoms with van der Waals surface area (Å²) in [5.74, 6) is 0. The second-order valence-corrected chi connectivity index (χ2v) is 5.16. The molecule has 0 aliphatic heterocycles. The Morgan fingerprint density at radius 3 is 2.24 bits per heavy atom. The number of halogens is 1. The number of nitrogens with one attached hydrogen (secondary N) is 1. The van der Waals surface area contributed by atoms with Crippen molar-refractivity contribution in [3.63, 3.8) is 0 Å². The zero-order valence-electron chi connectivity index (χ0n) is 10.4. The van der Waals surface area contributed by atoms with Crippen molar-refractivity contribution >= 4 is 40.6 Å².